The van der Waals surface area contributed by atoms with Crippen molar-refractivity contribution in [3.05, 3.63) is 46.7 Å². The zero-order valence-corrected chi connectivity index (χ0v) is 15.3. The number of aliphatic imine (C=N–C) groups is 1. The molecule has 0 radical (unpaired) electrons. The fourth-order valence-electron chi connectivity index (χ4n) is 2.83. The fourth-order valence-corrected chi connectivity index (χ4v) is 3.74. The van der Waals surface area contributed by atoms with Crippen LogP contribution in [0.1, 0.15) is 24.1 Å². The zero-order valence-electron chi connectivity index (χ0n) is 14.5. The second-order valence-corrected chi connectivity index (χ2v) is 6.88. The van der Waals surface area contributed by atoms with Gasteiger partial charge < -0.3 is 15.5 Å². The van der Waals surface area contributed by atoms with Crippen LogP contribution in [0, 0.1) is 5.82 Å². The minimum atomic E-state index is -0.223. The molecule has 25 heavy (non-hydrogen) atoms. The topological polar surface area (TPSA) is 52.6 Å². The quantitative estimate of drug-likeness (QED) is 0.614. The number of rotatable bonds is 6. The van der Waals surface area contributed by atoms with E-state index < -0.39 is 0 Å². The van der Waals surface area contributed by atoms with Gasteiger partial charge in [0.05, 0.1) is 5.69 Å². The minimum absolute atomic E-state index is 0.223. The van der Waals surface area contributed by atoms with Crippen molar-refractivity contribution < 1.29 is 4.39 Å². The first kappa shape index (κ1) is 17.7. The summed E-state index contributed by atoms with van der Waals surface area (Å²) < 4.78 is 13.2. The number of hydrogen-bond donors (Lipinski definition) is 2. The molecule has 3 rings (SSSR count). The van der Waals surface area contributed by atoms with Crippen LogP contribution in [0.15, 0.2) is 34.6 Å². The van der Waals surface area contributed by atoms with Crippen molar-refractivity contribution in [2.75, 3.05) is 31.6 Å². The van der Waals surface area contributed by atoms with Crippen LogP contribution in [0.5, 0.6) is 0 Å². The third-order valence-corrected chi connectivity index (χ3v) is 5.11. The molecule has 2 aromatic rings. The van der Waals surface area contributed by atoms with E-state index in [1.807, 2.05) is 6.07 Å². The van der Waals surface area contributed by atoms with Crippen LogP contribution in [-0.4, -0.2) is 37.6 Å². The molecule has 7 heteroatoms. The molecule has 0 amide bonds. The van der Waals surface area contributed by atoms with Gasteiger partial charge in [-0.05, 0) is 30.5 Å². The highest BCUT2D eigenvalue weighted by atomic mass is 32.1. The minimum Gasteiger partial charge on any atom is -0.356 e. The Hall–Kier alpha value is -2.15. The second kappa shape index (κ2) is 8.80. The first-order chi connectivity index (χ1) is 12.2. The van der Waals surface area contributed by atoms with E-state index in [1.54, 1.807) is 24.5 Å². The lowest BCUT2D eigenvalue weighted by Gasteiger charge is -2.12. The zero-order chi connectivity index (χ0) is 17.5. The Bertz CT molecular complexity index is 709. The van der Waals surface area contributed by atoms with Crippen molar-refractivity contribution in [1.82, 2.24) is 15.6 Å². The van der Waals surface area contributed by atoms with Gasteiger partial charge in [0.2, 0.25) is 0 Å². The van der Waals surface area contributed by atoms with E-state index in [1.165, 1.54) is 25.0 Å². The average molecular weight is 361 g/mol. The number of nitrogens with zero attached hydrogens (tertiary/aromatic N) is 3. The lowest BCUT2D eigenvalue weighted by molar-refractivity contribution is 0.624. The molecule has 0 bridgehead atoms. The van der Waals surface area contributed by atoms with Gasteiger partial charge in [0.25, 0.3) is 0 Å². The van der Waals surface area contributed by atoms with E-state index >= 15 is 0 Å². The first-order valence-corrected chi connectivity index (χ1v) is 9.51. The summed E-state index contributed by atoms with van der Waals surface area (Å²) in [5.41, 5.74) is 2.00. The monoisotopic (exact) mass is 361 g/mol. The molecular formula is C18H24FN5S. The van der Waals surface area contributed by atoms with Crippen LogP contribution in [-0.2, 0) is 13.0 Å². The maximum Gasteiger partial charge on any atom is 0.191 e. The smallest absolute Gasteiger partial charge is 0.191 e. The van der Waals surface area contributed by atoms with Gasteiger partial charge >= 0.3 is 0 Å². The van der Waals surface area contributed by atoms with E-state index in [0.717, 1.165) is 42.4 Å². The molecule has 1 aliphatic rings. The molecule has 0 spiro atoms. The van der Waals surface area contributed by atoms with E-state index in [0.29, 0.717) is 12.5 Å². The summed E-state index contributed by atoms with van der Waals surface area (Å²) in [6, 6.07) is 6.57. The number of guanidine groups is 1. The lowest BCUT2D eigenvalue weighted by Crippen LogP contribution is -2.37. The van der Waals surface area contributed by atoms with Gasteiger partial charge in [-0.25, -0.2) is 9.37 Å². The Labute approximate surface area is 152 Å². The highest BCUT2D eigenvalue weighted by Gasteiger charge is 2.15. The summed E-state index contributed by atoms with van der Waals surface area (Å²) in [5, 5.41) is 9.75. The predicted octanol–water partition coefficient (Wildman–Crippen LogP) is 2.79. The van der Waals surface area contributed by atoms with Gasteiger partial charge in [-0.15, -0.1) is 11.3 Å². The van der Waals surface area contributed by atoms with Gasteiger partial charge in [0, 0.05) is 45.0 Å². The van der Waals surface area contributed by atoms with E-state index in [9.17, 15) is 4.39 Å². The highest BCUT2D eigenvalue weighted by molar-refractivity contribution is 7.13. The van der Waals surface area contributed by atoms with Crippen molar-refractivity contribution in [3.8, 4) is 0 Å². The molecule has 0 saturated carbocycles. The Morgan fingerprint density at radius 3 is 2.92 bits per heavy atom. The molecule has 1 aromatic heterocycles. The van der Waals surface area contributed by atoms with Crippen LogP contribution < -0.4 is 15.5 Å². The van der Waals surface area contributed by atoms with Gasteiger partial charge in [-0.2, -0.15) is 0 Å². The van der Waals surface area contributed by atoms with Crippen LogP contribution >= 0.6 is 11.3 Å². The molecule has 1 aromatic carbocycles. The van der Waals surface area contributed by atoms with Crippen LogP contribution in [0.2, 0.25) is 0 Å². The van der Waals surface area contributed by atoms with Crippen LogP contribution in [0.25, 0.3) is 0 Å². The molecule has 2 N–H and O–H groups in total. The SMILES string of the molecule is CN=C(NCCc1csc(N2CCCC2)n1)NCc1cccc(F)c1. The number of benzene rings is 1. The van der Waals surface area contributed by atoms with Crippen molar-refractivity contribution in [1.29, 1.82) is 0 Å². The number of halogens is 1. The summed E-state index contributed by atoms with van der Waals surface area (Å²) in [6.07, 6.45) is 3.39. The van der Waals surface area contributed by atoms with Crippen molar-refractivity contribution >= 4 is 22.4 Å². The van der Waals surface area contributed by atoms with Crippen molar-refractivity contribution in [2.24, 2.45) is 4.99 Å². The van der Waals surface area contributed by atoms with Crippen LogP contribution in [0.4, 0.5) is 9.52 Å². The lowest BCUT2D eigenvalue weighted by atomic mass is 10.2. The van der Waals surface area contributed by atoms with Gasteiger partial charge in [0.15, 0.2) is 11.1 Å². The number of nitrogens with one attached hydrogen (secondary N) is 2. The summed E-state index contributed by atoms with van der Waals surface area (Å²) in [4.78, 5) is 11.3. The molecular weight excluding hydrogens is 337 g/mol. The Kier molecular flexibility index (Phi) is 6.22. The molecule has 1 aliphatic heterocycles. The average Bonchev–Trinajstić information content (AvgIpc) is 3.29. The molecule has 0 aliphatic carbocycles. The number of anilines is 1. The molecule has 0 atom stereocenters. The third-order valence-electron chi connectivity index (χ3n) is 4.16. The maximum absolute atomic E-state index is 13.2. The molecule has 2 heterocycles. The Morgan fingerprint density at radius 1 is 1.32 bits per heavy atom. The number of thiazole rings is 1. The largest absolute Gasteiger partial charge is 0.356 e. The second-order valence-electron chi connectivity index (χ2n) is 6.05. The van der Waals surface area contributed by atoms with E-state index in [4.69, 9.17) is 4.98 Å². The van der Waals surface area contributed by atoms with Gasteiger partial charge in [-0.1, -0.05) is 12.1 Å². The maximum atomic E-state index is 13.2. The summed E-state index contributed by atoms with van der Waals surface area (Å²) in [6.45, 7) is 3.54. The Balaban J connectivity index is 1.42. The van der Waals surface area contributed by atoms with E-state index in [-0.39, 0.29) is 5.82 Å². The van der Waals surface area contributed by atoms with Crippen molar-refractivity contribution in [3.63, 3.8) is 0 Å². The predicted molar refractivity (Wildman–Crippen MR) is 102 cm³/mol. The molecule has 5 nitrogen and oxygen atoms in total. The first-order valence-electron chi connectivity index (χ1n) is 8.63. The van der Waals surface area contributed by atoms with Crippen LogP contribution in [0.3, 0.4) is 0 Å². The molecule has 1 fully saturated rings. The molecule has 134 valence electrons. The molecule has 0 unspecified atom stereocenters. The summed E-state index contributed by atoms with van der Waals surface area (Å²) >= 11 is 1.73. The normalized spacial score (nSPS) is 14.8. The fraction of sp³-hybridized carbons (Fsp3) is 0.444. The molecule has 1 saturated heterocycles. The van der Waals surface area contributed by atoms with Crippen molar-refractivity contribution in [2.45, 2.75) is 25.8 Å². The van der Waals surface area contributed by atoms with E-state index in [2.05, 4.69) is 25.9 Å². The summed E-state index contributed by atoms with van der Waals surface area (Å²) in [7, 11) is 1.73. The third kappa shape index (κ3) is 5.16. The van der Waals surface area contributed by atoms with Gasteiger partial charge in [0.1, 0.15) is 5.82 Å². The number of hydrogen-bond acceptors (Lipinski definition) is 4. The van der Waals surface area contributed by atoms with Gasteiger partial charge in [-0.3, -0.25) is 4.99 Å². The number of aromatic nitrogens is 1. The Morgan fingerprint density at radius 2 is 2.16 bits per heavy atom. The highest BCUT2D eigenvalue weighted by Crippen LogP contribution is 2.24. The standard InChI is InChI=1S/C18H24FN5S/c1-20-17(22-12-14-5-4-6-15(19)11-14)21-8-7-16-13-25-18(23-16)24-9-2-3-10-24/h4-6,11,13H,2-3,7-10,12H2,1H3,(H2,20,21,22). The summed E-state index contributed by atoms with van der Waals surface area (Å²) in [5.74, 6) is 0.485.